The smallest absolute Gasteiger partial charge is 0.0766 e. The Morgan fingerprint density at radius 2 is 2.00 bits per heavy atom. The summed E-state index contributed by atoms with van der Waals surface area (Å²) in [7, 11) is 0. The van der Waals surface area contributed by atoms with Crippen molar-refractivity contribution in [2.24, 2.45) is 0 Å². The molecule has 15 heavy (non-hydrogen) atoms. The van der Waals surface area contributed by atoms with Gasteiger partial charge in [-0.1, -0.05) is 13.8 Å². The second kappa shape index (κ2) is 5.64. The van der Waals surface area contributed by atoms with Crippen LogP contribution in [0.25, 0.3) is 0 Å². The van der Waals surface area contributed by atoms with Crippen LogP contribution in [0, 0.1) is 6.92 Å². The van der Waals surface area contributed by atoms with Crippen molar-refractivity contribution in [2.45, 2.75) is 45.8 Å². The summed E-state index contributed by atoms with van der Waals surface area (Å²) >= 11 is 1.81. The van der Waals surface area contributed by atoms with E-state index in [9.17, 15) is 5.11 Å². The highest BCUT2D eigenvalue weighted by molar-refractivity contribution is 7.11. The van der Waals surface area contributed by atoms with E-state index in [0.717, 1.165) is 19.4 Å². The SMILES string of the molecule is CCC(O)(CC)CNCc1ccc(C)s1. The lowest BCUT2D eigenvalue weighted by atomic mass is 9.98. The van der Waals surface area contributed by atoms with Crippen LogP contribution in [0.1, 0.15) is 36.4 Å². The first-order chi connectivity index (χ1) is 7.09. The molecule has 86 valence electrons. The van der Waals surface area contributed by atoms with Crippen LogP contribution in [-0.4, -0.2) is 17.3 Å². The lowest BCUT2D eigenvalue weighted by molar-refractivity contribution is 0.0323. The van der Waals surface area contributed by atoms with Gasteiger partial charge in [-0.25, -0.2) is 0 Å². The van der Waals surface area contributed by atoms with Crippen molar-refractivity contribution in [2.75, 3.05) is 6.54 Å². The Balaban J connectivity index is 2.32. The molecule has 0 amide bonds. The maximum atomic E-state index is 10.1. The fourth-order valence-corrected chi connectivity index (χ4v) is 2.36. The van der Waals surface area contributed by atoms with Gasteiger partial charge in [-0.15, -0.1) is 11.3 Å². The monoisotopic (exact) mass is 227 g/mol. The van der Waals surface area contributed by atoms with E-state index in [1.807, 2.05) is 25.2 Å². The molecule has 0 aliphatic carbocycles. The van der Waals surface area contributed by atoms with Crippen LogP contribution in [0.15, 0.2) is 12.1 Å². The second-order valence-electron chi connectivity index (χ2n) is 4.05. The molecule has 1 heterocycles. The zero-order valence-electron chi connectivity index (χ0n) is 9.84. The van der Waals surface area contributed by atoms with Gasteiger partial charge in [0.2, 0.25) is 0 Å². The summed E-state index contributed by atoms with van der Waals surface area (Å²) < 4.78 is 0. The van der Waals surface area contributed by atoms with Gasteiger partial charge in [-0.2, -0.15) is 0 Å². The summed E-state index contributed by atoms with van der Waals surface area (Å²) in [6, 6.07) is 4.28. The second-order valence-corrected chi connectivity index (χ2v) is 5.42. The van der Waals surface area contributed by atoms with Crippen molar-refractivity contribution in [3.05, 3.63) is 21.9 Å². The molecule has 3 heteroatoms. The molecular formula is C12H21NOS. The number of hydrogen-bond donors (Lipinski definition) is 2. The van der Waals surface area contributed by atoms with E-state index < -0.39 is 5.60 Å². The first-order valence-electron chi connectivity index (χ1n) is 5.58. The van der Waals surface area contributed by atoms with E-state index in [1.165, 1.54) is 9.75 Å². The van der Waals surface area contributed by atoms with Gasteiger partial charge in [0.15, 0.2) is 0 Å². The number of rotatable bonds is 6. The van der Waals surface area contributed by atoms with Crippen LogP contribution in [0.5, 0.6) is 0 Å². The van der Waals surface area contributed by atoms with E-state index in [1.54, 1.807) is 0 Å². The van der Waals surface area contributed by atoms with Gasteiger partial charge in [0.25, 0.3) is 0 Å². The van der Waals surface area contributed by atoms with Crippen molar-refractivity contribution in [1.29, 1.82) is 0 Å². The summed E-state index contributed by atoms with van der Waals surface area (Å²) in [6.45, 7) is 7.71. The lowest BCUT2D eigenvalue weighted by Crippen LogP contribution is -2.39. The molecule has 2 nitrogen and oxygen atoms in total. The topological polar surface area (TPSA) is 32.3 Å². The quantitative estimate of drug-likeness (QED) is 0.783. The third kappa shape index (κ3) is 3.93. The Bertz CT molecular complexity index is 292. The number of thiophene rings is 1. The fraction of sp³-hybridized carbons (Fsp3) is 0.667. The number of aryl methyl sites for hydroxylation is 1. The molecule has 1 aromatic heterocycles. The molecular weight excluding hydrogens is 206 g/mol. The van der Waals surface area contributed by atoms with Gasteiger partial charge >= 0.3 is 0 Å². The third-order valence-electron chi connectivity index (χ3n) is 2.87. The molecule has 0 atom stereocenters. The predicted molar refractivity (Wildman–Crippen MR) is 66.3 cm³/mol. The first kappa shape index (κ1) is 12.7. The van der Waals surface area contributed by atoms with Crippen molar-refractivity contribution < 1.29 is 5.11 Å². The minimum absolute atomic E-state index is 0.535. The Labute approximate surface area is 96.3 Å². The third-order valence-corrected chi connectivity index (χ3v) is 3.87. The average Bonchev–Trinajstić information content (AvgIpc) is 2.64. The Morgan fingerprint density at radius 1 is 1.33 bits per heavy atom. The molecule has 0 bridgehead atoms. The highest BCUT2D eigenvalue weighted by Gasteiger charge is 2.21. The number of aliphatic hydroxyl groups is 1. The molecule has 0 aliphatic heterocycles. The van der Waals surface area contributed by atoms with E-state index >= 15 is 0 Å². The Morgan fingerprint density at radius 3 is 2.47 bits per heavy atom. The van der Waals surface area contributed by atoms with Crippen LogP contribution in [0.4, 0.5) is 0 Å². The molecule has 1 rings (SSSR count). The lowest BCUT2D eigenvalue weighted by Gasteiger charge is -2.25. The van der Waals surface area contributed by atoms with E-state index in [-0.39, 0.29) is 0 Å². The molecule has 0 unspecified atom stereocenters. The highest BCUT2D eigenvalue weighted by atomic mass is 32.1. The summed E-state index contributed by atoms with van der Waals surface area (Å²) in [4.78, 5) is 2.68. The minimum atomic E-state index is -0.535. The number of nitrogens with one attached hydrogen (secondary N) is 1. The standard InChI is InChI=1S/C12H21NOS/c1-4-12(14,5-2)9-13-8-11-7-6-10(3)15-11/h6-7,13-14H,4-5,8-9H2,1-3H3. The summed E-state index contributed by atoms with van der Waals surface area (Å²) in [5.74, 6) is 0. The molecule has 0 aliphatic rings. The van der Waals surface area contributed by atoms with Crippen LogP contribution < -0.4 is 5.32 Å². The molecule has 0 radical (unpaired) electrons. The summed E-state index contributed by atoms with van der Waals surface area (Å²) in [5, 5.41) is 13.4. The Hall–Kier alpha value is -0.380. The summed E-state index contributed by atoms with van der Waals surface area (Å²) in [5.41, 5.74) is -0.535. The van der Waals surface area contributed by atoms with Gasteiger partial charge in [-0.05, 0) is 31.9 Å². The largest absolute Gasteiger partial charge is 0.389 e. The maximum Gasteiger partial charge on any atom is 0.0766 e. The minimum Gasteiger partial charge on any atom is -0.389 e. The first-order valence-corrected chi connectivity index (χ1v) is 6.39. The summed E-state index contributed by atoms with van der Waals surface area (Å²) in [6.07, 6.45) is 1.61. The van der Waals surface area contributed by atoms with E-state index in [4.69, 9.17) is 0 Å². The van der Waals surface area contributed by atoms with Crippen LogP contribution in [0.3, 0.4) is 0 Å². The average molecular weight is 227 g/mol. The van der Waals surface area contributed by atoms with Crippen LogP contribution >= 0.6 is 11.3 Å². The molecule has 1 aromatic rings. The van der Waals surface area contributed by atoms with Crippen molar-refractivity contribution in [3.8, 4) is 0 Å². The van der Waals surface area contributed by atoms with Crippen LogP contribution in [0.2, 0.25) is 0 Å². The van der Waals surface area contributed by atoms with E-state index in [0.29, 0.717) is 6.54 Å². The number of hydrogen-bond acceptors (Lipinski definition) is 3. The van der Waals surface area contributed by atoms with Crippen molar-refractivity contribution in [1.82, 2.24) is 5.32 Å². The van der Waals surface area contributed by atoms with Crippen LogP contribution in [-0.2, 0) is 6.54 Å². The molecule has 0 aromatic carbocycles. The van der Waals surface area contributed by atoms with E-state index in [2.05, 4.69) is 24.4 Å². The molecule has 0 saturated heterocycles. The van der Waals surface area contributed by atoms with Gasteiger partial charge < -0.3 is 10.4 Å². The van der Waals surface area contributed by atoms with Gasteiger partial charge in [0.1, 0.15) is 0 Å². The zero-order chi connectivity index (χ0) is 11.3. The maximum absolute atomic E-state index is 10.1. The molecule has 2 N–H and O–H groups in total. The Kier molecular flexibility index (Phi) is 4.77. The van der Waals surface area contributed by atoms with Gasteiger partial charge in [0.05, 0.1) is 5.60 Å². The molecule has 0 fully saturated rings. The van der Waals surface area contributed by atoms with Gasteiger partial charge in [0, 0.05) is 22.8 Å². The van der Waals surface area contributed by atoms with Gasteiger partial charge in [-0.3, -0.25) is 0 Å². The fourth-order valence-electron chi connectivity index (χ4n) is 1.50. The normalized spacial score (nSPS) is 12.0. The predicted octanol–water partition coefficient (Wildman–Crippen LogP) is 2.70. The molecule has 0 saturated carbocycles. The zero-order valence-corrected chi connectivity index (χ0v) is 10.7. The van der Waals surface area contributed by atoms with Crippen molar-refractivity contribution >= 4 is 11.3 Å². The highest BCUT2D eigenvalue weighted by Crippen LogP contribution is 2.16. The molecule has 0 spiro atoms. The van der Waals surface area contributed by atoms with Crippen molar-refractivity contribution in [3.63, 3.8) is 0 Å².